The molecule has 158 valence electrons. The lowest BCUT2D eigenvalue weighted by Crippen LogP contribution is -2.41. The van der Waals surface area contributed by atoms with Gasteiger partial charge in [0.1, 0.15) is 5.82 Å². The van der Waals surface area contributed by atoms with Crippen LogP contribution in [0.25, 0.3) is 22.2 Å². The van der Waals surface area contributed by atoms with Crippen molar-refractivity contribution in [2.75, 3.05) is 6.54 Å². The molecule has 0 bridgehead atoms. The molecule has 0 spiro atoms. The Morgan fingerprint density at radius 2 is 2.00 bits per heavy atom. The van der Waals surface area contributed by atoms with Crippen LogP contribution in [0.3, 0.4) is 0 Å². The lowest BCUT2D eigenvalue weighted by molar-refractivity contribution is -0.137. The first-order valence-corrected chi connectivity index (χ1v) is 10.4. The molecule has 1 aliphatic rings. The molecule has 2 aromatic heterocycles. The molecule has 0 saturated carbocycles. The van der Waals surface area contributed by atoms with Gasteiger partial charge in [0.2, 0.25) is 0 Å². The summed E-state index contributed by atoms with van der Waals surface area (Å²) in [6, 6.07) is 8.01. The maximum atomic E-state index is 13.4. The van der Waals surface area contributed by atoms with Crippen LogP contribution in [0, 0.1) is 0 Å². The number of benzene rings is 1. The Balaban J connectivity index is 1.72. The minimum absolute atomic E-state index is 0.0592. The van der Waals surface area contributed by atoms with E-state index in [0.717, 1.165) is 24.4 Å². The van der Waals surface area contributed by atoms with Crippen molar-refractivity contribution >= 4 is 10.9 Å². The lowest BCUT2D eigenvalue weighted by Gasteiger charge is -2.38. The van der Waals surface area contributed by atoms with E-state index in [2.05, 4.69) is 28.7 Å². The second-order valence-electron chi connectivity index (χ2n) is 7.87. The molecule has 4 nitrogen and oxygen atoms in total. The molecule has 7 heteroatoms. The minimum atomic E-state index is -4.46. The smallest absolute Gasteiger partial charge is 0.291 e. The Kier molecular flexibility index (Phi) is 5.73. The van der Waals surface area contributed by atoms with E-state index in [1.807, 2.05) is 0 Å². The Morgan fingerprint density at radius 3 is 2.77 bits per heavy atom. The highest BCUT2D eigenvalue weighted by molar-refractivity contribution is 5.83. The number of aromatic nitrogens is 3. The maximum Gasteiger partial charge on any atom is 0.418 e. The van der Waals surface area contributed by atoms with Crippen LogP contribution in [0.1, 0.15) is 57.0 Å². The maximum absolute atomic E-state index is 13.4. The van der Waals surface area contributed by atoms with Crippen molar-refractivity contribution in [3.63, 3.8) is 0 Å². The van der Waals surface area contributed by atoms with Crippen molar-refractivity contribution in [3.8, 4) is 11.3 Å². The van der Waals surface area contributed by atoms with Crippen molar-refractivity contribution in [1.29, 1.82) is 0 Å². The van der Waals surface area contributed by atoms with Crippen LogP contribution in [0.2, 0.25) is 0 Å². The predicted octanol–water partition coefficient (Wildman–Crippen LogP) is 6.04. The fourth-order valence-electron chi connectivity index (χ4n) is 4.37. The molecule has 3 aromatic rings. The largest absolute Gasteiger partial charge is 0.418 e. The number of likely N-dealkylation sites (tertiary alicyclic amines) is 1. The third-order valence-electron chi connectivity index (χ3n) is 6.00. The van der Waals surface area contributed by atoms with E-state index in [1.165, 1.54) is 31.5 Å². The molecule has 0 aliphatic carbocycles. The van der Waals surface area contributed by atoms with E-state index < -0.39 is 11.7 Å². The summed E-state index contributed by atoms with van der Waals surface area (Å²) in [5.41, 5.74) is 0.207. The normalized spacial score (nSPS) is 19.2. The van der Waals surface area contributed by atoms with Crippen LogP contribution in [-0.2, 0) is 6.18 Å². The minimum Gasteiger partial charge on any atom is -0.291 e. The lowest BCUT2D eigenvalue weighted by atomic mass is 9.98. The molecule has 30 heavy (non-hydrogen) atoms. The fourth-order valence-corrected chi connectivity index (χ4v) is 4.37. The number of piperidine rings is 1. The first kappa shape index (κ1) is 20.7. The monoisotopic (exact) mass is 414 g/mol. The van der Waals surface area contributed by atoms with E-state index in [4.69, 9.17) is 4.98 Å². The quantitative estimate of drug-likeness (QED) is 0.522. The predicted molar refractivity (Wildman–Crippen MR) is 111 cm³/mol. The average molecular weight is 414 g/mol. The number of fused-ring (bicyclic) bond motifs is 1. The van der Waals surface area contributed by atoms with Crippen LogP contribution in [-0.4, -0.2) is 32.4 Å². The van der Waals surface area contributed by atoms with Crippen LogP contribution in [0.4, 0.5) is 13.2 Å². The first-order chi connectivity index (χ1) is 14.4. The van der Waals surface area contributed by atoms with Gasteiger partial charge in [0.15, 0.2) is 0 Å². The summed E-state index contributed by atoms with van der Waals surface area (Å²) in [4.78, 5) is 15.8. The number of alkyl halides is 3. The molecule has 2 unspecified atom stereocenters. The van der Waals surface area contributed by atoms with E-state index in [9.17, 15) is 13.2 Å². The summed E-state index contributed by atoms with van der Waals surface area (Å²) in [5, 5.41) is 0.796. The van der Waals surface area contributed by atoms with Gasteiger partial charge >= 0.3 is 6.18 Å². The molecule has 0 N–H and O–H groups in total. The second-order valence-corrected chi connectivity index (χ2v) is 7.87. The Hall–Kier alpha value is -2.54. The van der Waals surface area contributed by atoms with Gasteiger partial charge in [-0.1, -0.05) is 25.5 Å². The molecular weight excluding hydrogens is 389 g/mol. The average Bonchev–Trinajstić information content (AvgIpc) is 2.77. The molecule has 4 rings (SSSR count). The summed E-state index contributed by atoms with van der Waals surface area (Å²) in [7, 11) is 0. The van der Waals surface area contributed by atoms with Gasteiger partial charge in [-0.3, -0.25) is 9.88 Å². The van der Waals surface area contributed by atoms with Crippen molar-refractivity contribution in [2.45, 2.75) is 57.8 Å². The van der Waals surface area contributed by atoms with Gasteiger partial charge in [0, 0.05) is 29.4 Å². The number of pyridine rings is 1. The van der Waals surface area contributed by atoms with Crippen LogP contribution in [0.15, 0.2) is 42.7 Å². The third kappa shape index (κ3) is 4.03. The molecule has 0 amide bonds. The molecule has 0 radical (unpaired) electrons. The van der Waals surface area contributed by atoms with Gasteiger partial charge in [-0.15, -0.1) is 0 Å². The van der Waals surface area contributed by atoms with Gasteiger partial charge in [-0.25, -0.2) is 9.97 Å². The van der Waals surface area contributed by atoms with Gasteiger partial charge in [0.05, 0.1) is 22.8 Å². The van der Waals surface area contributed by atoms with Gasteiger partial charge in [0.25, 0.3) is 0 Å². The highest BCUT2D eigenvalue weighted by atomic mass is 19.4. The van der Waals surface area contributed by atoms with Crippen molar-refractivity contribution in [2.24, 2.45) is 0 Å². The van der Waals surface area contributed by atoms with Crippen molar-refractivity contribution < 1.29 is 13.2 Å². The molecule has 1 fully saturated rings. The third-order valence-corrected chi connectivity index (χ3v) is 6.00. The molecule has 1 aromatic carbocycles. The van der Waals surface area contributed by atoms with Crippen LogP contribution < -0.4 is 0 Å². The van der Waals surface area contributed by atoms with E-state index in [-0.39, 0.29) is 11.7 Å². The van der Waals surface area contributed by atoms with Gasteiger partial charge in [-0.05, 0) is 50.9 Å². The van der Waals surface area contributed by atoms with Gasteiger partial charge < -0.3 is 0 Å². The van der Waals surface area contributed by atoms with E-state index in [1.54, 1.807) is 24.4 Å². The van der Waals surface area contributed by atoms with Crippen molar-refractivity contribution in [1.82, 2.24) is 19.9 Å². The zero-order valence-corrected chi connectivity index (χ0v) is 17.2. The molecular formula is C23H25F3N4. The Labute approximate surface area is 174 Å². The fraction of sp³-hybridized carbons (Fsp3) is 0.435. The van der Waals surface area contributed by atoms with Gasteiger partial charge in [-0.2, -0.15) is 13.2 Å². The molecule has 1 saturated heterocycles. The number of hydrogen-bond acceptors (Lipinski definition) is 4. The number of nitrogens with zero attached hydrogens (tertiary/aromatic N) is 4. The van der Waals surface area contributed by atoms with E-state index in [0.29, 0.717) is 22.9 Å². The number of halogens is 3. The van der Waals surface area contributed by atoms with Crippen LogP contribution in [0.5, 0.6) is 0 Å². The van der Waals surface area contributed by atoms with Crippen molar-refractivity contribution in [3.05, 3.63) is 54.1 Å². The Morgan fingerprint density at radius 1 is 1.17 bits per heavy atom. The SMILES string of the molecule is CCC1CCCCN1C(C)c1ncc2ccc(-c3ncccc3C(F)(F)F)cc2n1. The second kappa shape index (κ2) is 8.30. The zero-order chi connectivity index (χ0) is 21.3. The highest BCUT2D eigenvalue weighted by Crippen LogP contribution is 2.36. The molecule has 2 atom stereocenters. The standard InChI is InChI=1S/C23H25F3N4/c1-3-18-7-4-5-12-30(18)15(2)22-28-14-17-10-9-16(13-20(17)29-22)21-19(23(24,25)26)8-6-11-27-21/h6,8-11,13-15,18H,3-5,7,12H2,1-2H3. The first-order valence-electron chi connectivity index (χ1n) is 10.4. The summed E-state index contributed by atoms with van der Waals surface area (Å²) in [6.07, 6.45) is 3.34. The highest BCUT2D eigenvalue weighted by Gasteiger charge is 2.34. The molecule has 3 heterocycles. The summed E-state index contributed by atoms with van der Waals surface area (Å²) < 4.78 is 40.3. The van der Waals surface area contributed by atoms with E-state index >= 15 is 0 Å². The topological polar surface area (TPSA) is 41.9 Å². The zero-order valence-electron chi connectivity index (χ0n) is 17.2. The number of rotatable bonds is 4. The van der Waals surface area contributed by atoms with Crippen LogP contribution >= 0.6 is 0 Å². The summed E-state index contributed by atoms with van der Waals surface area (Å²) >= 11 is 0. The molecule has 1 aliphatic heterocycles. The Bertz CT molecular complexity index is 1030. The summed E-state index contributed by atoms with van der Waals surface area (Å²) in [5.74, 6) is 0.706. The summed E-state index contributed by atoms with van der Waals surface area (Å²) in [6.45, 7) is 5.33. The number of hydrogen-bond donors (Lipinski definition) is 0.